The molecule has 1 rings (SSSR count). The van der Waals surface area contributed by atoms with Gasteiger partial charge in [0.25, 0.3) is 0 Å². The van der Waals surface area contributed by atoms with E-state index in [0.29, 0.717) is 0 Å². The van der Waals surface area contributed by atoms with E-state index in [1.54, 1.807) is 0 Å². The Labute approximate surface area is 85.3 Å². The highest BCUT2D eigenvalue weighted by molar-refractivity contribution is 5.96. The lowest BCUT2D eigenvalue weighted by molar-refractivity contribution is -0.139. The van der Waals surface area contributed by atoms with E-state index in [0.717, 1.165) is 12.1 Å². The normalized spacial score (nSPS) is 9.73. The number of benzene rings is 1. The minimum absolute atomic E-state index is 0.0382. The van der Waals surface area contributed by atoms with Crippen LogP contribution in [0.5, 0.6) is 5.75 Å². The molecule has 0 aliphatic heterocycles. The molecule has 1 aromatic rings. The summed E-state index contributed by atoms with van der Waals surface area (Å²) in [6, 6.07) is 3.35. The maximum absolute atomic E-state index is 12.8. The van der Waals surface area contributed by atoms with Crippen LogP contribution in [0, 0.1) is 5.82 Å². The molecule has 0 saturated carbocycles. The molecule has 0 fully saturated rings. The Kier molecular flexibility index (Phi) is 3.38. The van der Waals surface area contributed by atoms with E-state index in [2.05, 4.69) is 0 Å². The third-order valence-electron chi connectivity index (χ3n) is 1.67. The fraction of sp³-hybridized carbons (Fsp3) is 0.200. The number of hydrogen-bond acceptors (Lipinski definition) is 3. The van der Waals surface area contributed by atoms with Crippen LogP contribution in [0.15, 0.2) is 18.2 Å². The van der Waals surface area contributed by atoms with Gasteiger partial charge in [-0.3, -0.25) is 4.79 Å². The van der Waals surface area contributed by atoms with Crippen LogP contribution in [-0.2, 0) is 4.79 Å². The average molecular weight is 212 g/mol. The molecule has 5 heteroatoms. The molecule has 0 aliphatic rings. The Morgan fingerprint density at radius 3 is 2.67 bits per heavy atom. The highest BCUT2D eigenvalue weighted by atomic mass is 19.1. The number of rotatable bonds is 4. The Morgan fingerprint density at radius 1 is 1.47 bits per heavy atom. The topological polar surface area (TPSA) is 63.6 Å². The van der Waals surface area contributed by atoms with E-state index in [9.17, 15) is 14.0 Å². The van der Waals surface area contributed by atoms with E-state index in [1.165, 1.54) is 13.0 Å². The quantitative estimate of drug-likeness (QED) is 0.768. The maximum Gasteiger partial charge on any atom is 0.341 e. The summed E-state index contributed by atoms with van der Waals surface area (Å²) in [6.45, 7) is 0.689. The van der Waals surface area contributed by atoms with Crippen LogP contribution in [0.2, 0.25) is 0 Å². The van der Waals surface area contributed by atoms with Crippen molar-refractivity contribution in [1.82, 2.24) is 0 Å². The second kappa shape index (κ2) is 4.54. The largest absolute Gasteiger partial charge is 0.481 e. The van der Waals surface area contributed by atoms with Gasteiger partial charge in [0.2, 0.25) is 0 Å². The lowest BCUT2D eigenvalue weighted by Gasteiger charge is -2.07. The summed E-state index contributed by atoms with van der Waals surface area (Å²) in [6.07, 6.45) is 0. The monoisotopic (exact) mass is 212 g/mol. The molecule has 1 aromatic carbocycles. The molecule has 0 atom stereocenters. The van der Waals surface area contributed by atoms with Crippen molar-refractivity contribution in [3.05, 3.63) is 29.6 Å². The van der Waals surface area contributed by atoms with Crippen molar-refractivity contribution in [2.24, 2.45) is 0 Å². The second-order valence-electron chi connectivity index (χ2n) is 2.88. The van der Waals surface area contributed by atoms with E-state index in [4.69, 9.17) is 9.84 Å². The first-order valence-corrected chi connectivity index (χ1v) is 4.16. The van der Waals surface area contributed by atoms with Crippen molar-refractivity contribution in [2.75, 3.05) is 6.61 Å². The molecule has 0 heterocycles. The summed E-state index contributed by atoms with van der Waals surface area (Å²) in [7, 11) is 0. The Morgan fingerprint density at radius 2 is 2.13 bits per heavy atom. The van der Waals surface area contributed by atoms with Gasteiger partial charge >= 0.3 is 5.97 Å². The third kappa shape index (κ3) is 3.05. The Balaban J connectivity index is 2.95. The SMILES string of the molecule is CC(=O)c1cc(F)ccc1OCC(=O)O. The Bertz CT molecular complexity index is 400. The smallest absolute Gasteiger partial charge is 0.341 e. The van der Waals surface area contributed by atoms with Gasteiger partial charge in [-0.25, -0.2) is 9.18 Å². The number of carbonyl (C=O) groups excluding carboxylic acids is 1. The predicted octanol–water partition coefficient (Wildman–Crippen LogP) is 1.49. The number of ketones is 1. The molecule has 4 nitrogen and oxygen atoms in total. The summed E-state index contributed by atoms with van der Waals surface area (Å²) < 4.78 is 17.6. The number of Topliss-reactive ketones (excluding diaryl/α,β-unsaturated/α-hetero) is 1. The predicted molar refractivity (Wildman–Crippen MR) is 49.5 cm³/mol. The van der Waals surface area contributed by atoms with Crippen LogP contribution < -0.4 is 4.74 Å². The minimum Gasteiger partial charge on any atom is -0.481 e. The van der Waals surface area contributed by atoms with Gasteiger partial charge in [-0.15, -0.1) is 0 Å². The summed E-state index contributed by atoms with van der Waals surface area (Å²) in [5.41, 5.74) is 0.0382. The number of carboxylic acid groups (broad SMARTS) is 1. The molecule has 0 bridgehead atoms. The third-order valence-corrected chi connectivity index (χ3v) is 1.67. The molecule has 0 radical (unpaired) electrons. The van der Waals surface area contributed by atoms with Crippen LogP contribution in [-0.4, -0.2) is 23.5 Å². The highest BCUT2D eigenvalue weighted by Gasteiger charge is 2.10. The van der Waals surface area contributed by atoms with Gasteiger partial charge in [0.1, 0.15) is 11.6 Å². The van der Waals surface area contributed by atoms with Gasteiger partial charge in [-0.1, -0.05) is 0 Å². The van der Waals surface area contributed by atoms with E-state index >= 15 is 0 Å². The van der Waals surface area contributed by atoms with Gasteiger partial charge in [0.05, 0.1) is 5.56 Å². The summed E-state index contributed by atoms with van der Waals surface area (Å²) in [4.78, 5) is 21.3. The van der Waals surface area contributed by atoms with Gasteiger partial charge in [0, 0.05) is 0 Å². The molecule has 0 aromatic heterocycles. The molecule has 15 heavy (non-hydrogen) atoms. The molecule has 0 amide bonds. The molecular weight excluding hydrogens is 203 g/mol. The fourth-order valence-electron chi connectivity index (χ4n) is 1.04. The maximum atomic E-state index is 12.8. The molecule has 0 aliphatic carbocycles. The van der Waals surface area contributed by atoms with Gasteiger partial charge in [-0.05, 0) is 25.1 Å². The van der Waals surface area contributed by atoms with Crippen LogP contribution in [0.4, 0.5) is 4.39 Å². The van der Waals surface area contributed by atoms with E-state index in [1.807, 2.05) is 0 Å². The van der Waals surface area contributed by atoms with Crippen molar-refractivity contribution >= 4 is 11.8 Å². The number of carboxylic acids is 1. The van der Waals surface area contributed by atoms with Gasteiger partial charge < -0.3 is 9.84 Å². The molecule has 1 N–H and O–H groups in total. The van der Waals surface area contributed by atoms with Crippen molar-refractivity contribution in [1.29, 1.82) is 0 Å². The van der Waals surface area contributed by atoms with Crippen molar-refractivity contribution in [3.63, 3.8) is 0 Å². The van der Waals surface area contributed by atoms with Crippen LogP contribution in [0.3, 0.4) is 0 Å². The fourth-order valence-corrected chi connectivity index (χ4v) is 1.04. The lowest BCUT2D eigenvalue weighted by Crippen LogP contribution is -2.11. The molecule has 0 unspecified atom stereocenters. The van der Waals surface area contributed by atoms with Crippen molar-refractivity contribution in [2.45, 2.75) is 6.92 Å². The van der Waals surface area contributed by atoms with Crippen molar-refractivity contribution < 1.29 is 23.8 Å². The summed E-state index contributed by atoms with van der Waals surface area (Å²) in [5, 5.41) is 8.37. The molecule has 80 valence electrons. The zero-order valence-corrected chi connectivity index (χ0v) is 7.99. The lowest BCUT2D eigenvalue weighted by atomic mass is 10.1. The Hall–Kier alpha value is -1.91. The molecule has 0 saturated heterocycles. The van der Waals surface area contributed by atoms with Gasteiger partial charge in [0.15, 0.2) is 12.4 Å². The number of aliphatic carboxylic acids is 1. The first-order valence-electron chi connectivity index (χ1n) is 4.16. The van der Waals surface area contributed by atoms with E-state index < -0.39 is 18.4 Å². The summed E-state index contributed by atoms with van der Waals surface area (Å²) in [5.74, 6) is -2.03. The number of halogens is 1. The second-order valence-corrected chi connectivity index (χ2v) is 2.88. The van der Waals surface area contributed by atoms with E-state index in [-0.39, 0.29) is 17.1 Å². The standard InChI is InChI=1S/C10H9FO4/c1-6(12)8-4-7(11)2-3-9(8)15-5-10(13)14/h2-4H,5H2,1H3,(H,13,14). The minimum atomic E-state index is -1.16. The van der Waals surface area contributed by atoms with Crippen LogP contribution in [0.25, 0.3) is 0 Å². The zero-order valence-electron chi connectivity index (χ0n) is 7.99. The molecule has 0 spiro atoms. The summed E-state index contributed by atoms with van der Waals surface area (Å²) >= 11 is 0. The number of hydrogen-bond donors (Lipinski definition) is 1. The van der Waals surface area contributed by atoms with Crippen LogP contribution in [0.1, 0.15) is 17.3 Å². The first kappa shape index (κ1) is 11.2. The first-order chi connectivity index (χ1) is 7.00. The number of ether oxygens (including phenoxy) is 1. The zero-order chi connectivity index (χ0) is 11.4. The highest BCUT2D eigenvalue weighted by Crippen LogP contribution is 2.20. The average Bonchev–Trinajstić information content (AvgIpc) is 2.15. The number of carbonyl (C=O) groups is 2. The van der Waals surface area contributed by atoms with Crippen LogP contribution >= 0.6 is 0 Å². The van der Waals surface area contributed by atoms with Crippen molar-refractivity contribution in [3.8, 4) is 5.75 Å². The van der Waals surface area contributed by atoms with Gasteiger partial charge in [-0.2, -0.15) is 0 Å². The molecular formula is C10H9FO4.